The number of fused-ring (bicyclic) bond motifs is 1. The third-order valence-electron chi connectivity index (χ3n) is 3.71. The predicted molar refractivity (Wildman–Crippen MR) is 58.9 cm³/mol. The Morgan fingerprint density at radius 1 is 1.47 bits per heavy atom. The van der Waals surface area contributed by atoms with E-state index in [1.165, 1.54) is 12.8 Å². The number of hydrogen-bond acceptors (Lipinski definition) is 4. The van der Waals surface area contributed by atoms with Gasteiger partial charge in [-0.1, -0.05) is 0 Å². The Bertz CT molecular complexity index is 273. The van der Waals surface area contributed by atoms with Crippen molar-refractivity contribution in [3.8, 4) is 0 Å². The first kappa shape index (κ1) is 9.46. The molecule has 0 aromatic rings. The molecule has 1 N–H and O–H groups in total. The molecular weight excluding hydrogens is 190 g/mol. The maximum atomic E-state index is 5.50. The van der Waals surface area contributed by atoms with Gasteiger partial charge < -0.3 is 15.0 Å². The van der Waals surface area contributed by atoms with Crippen LogP contribution in [0.2, 0.25) is 0 Å². The Morgan fingerprint density at radius 3 is 3.20 bits per heavy atom. The lowest BCUT2D eigenvalue weighted by Crippen LogP contribution is -2.46. The molecule has 0 aromatic carbocycles. The monoisotopic (exact) mass is 209 g/mol. The summed E-state index contributed by atoms with van der Waals surface area (Å²) in [6, 6.07) is 1.21. The fourth-order valence-corrected chi connectivity index (χ4v) is 2.96. The Kier molecular flexibility index (Phi) is 2.31. The number of hydrogen-bond donors (Lipinski definition) is 1. The van der Waals surface area contributed by atoms with Gasteiger partial charge in [0.1, 0.15) is 0 Å². The highest BCUT2D eigenvalue weighted by Crippen LogP contribution is 2.27. The van der Waals surface area contributed by atoms with Crippen LogP contribution in [-0.2, 0) is 4.74 Å². The molecule has 0 radical (unpaired) electrons. The summed E-state index contributed by atoms with van der Waals surface area (Å²) in [5, 5.41) is 3.44. The Labute approximate surface area is 90.7 Å². The number of ether oxygens (including phenoxy) is 1. The van der Waals surface area contributed by atoms with Crippen LogP contribution in [0.4, 0.5) is 0 Å². The van der Waals surface area contributed by atoms with Gasteiger partial charge in [0, 0.05) is 37.7 Å². The van der Waals surface area contributed by atoms with Gasteiger partial charge in [-0.15, -0.1) is 0 Å². The lowest BCUT2D eigenvalue weighted by Gasteiger charge is -2.35. The van der Waals surface area contributed by atoms with Crippen molar-refractivity contribution in [3.63, 3.8) is 0 Å². The third-order valence-corrected chi connectivity index (χ3v) is 3.71. The Balaban J connectivity index is 1.76. The van der Waals surface area contributed by atoms with Crippen LogP contribution in [0.5, 0.6) is 0 Å². The van der Waals surface area contributed by atoms with Crippen molar-refractivity contribution in [2.45, 2.75) is 31.8 Å². The summed E-state index contributed by atoms with van der Waals surface area (Å²) in [5.74, 6) is 1.85. The van der Waals surface area contributed by atoms with E-state index in [1.807, 2.05) is 0 Å². The third kappa shape index (κ3) is 1.61. The summed E-state index contributed by atoms with van der Waals surface area (Å²) in [6.07, 6.45) is 2.43. The standard InChI is InChI=1S/C11H19N3O/c1-8-6-14-10(9-3-5-15-7-9)2-4-12-11(14)13-8/h8-10H,2-7H2,1H3,(H,12,13). The van der Waals surface area contributed by atoms with Gasteiger partial charge in [0.05, 0.1) is 6.61 Å². The Morgan fingerprint density at radius 2 is 2.40 bits per heavy atom. The van der Waals surface area contributed by atoms with Gasteiger partial charge in [-0.2, -0.15) is 0 Å². The molecular formula is C11H19N3O. The highest BCUT2D eigenvalue weighted by Gasteiger charge is 2.37. The zero-order chi connectivity index (χ0) is 10.3. The minimum atomic E-state index is 0.548. The zero-order valence-electron chi connectivity index (χ0n) is 9.28. The molecule has 0 aliphatic carbocycles. The summed E-state index contributed by atoms with van der Waals surface area (Å²) >= 11 is 0. The van der Waals surface area contributed by atoms with E-state index in [1.54, 1.807) is 0 Å². The quantitative estimate of drug-likeness (QED) is 0.681. The fourth-order valence-electron chi connectivity index (χ4n) is 2.96. The van der Waals surface area contributed by atoms with Crippen molar-refractivity contribution >= 4 is 5.96 Å². The van der Waals surface area contributed by atoms with Crippen LogP contribution in [0.15, 0.2) is 4.99 Å². The molecule has 3 rings (SSSR count). The second-order valence-corrected chi connectivity index (χ2v) is 4.88. The van der Waals surface area contributed by atoms with E-state index in [0.29, 0.717) is 12.1 Å². The molecule has 3 aliphatic heterocycles. The highest BCUT2D eigenvalue weighted by molar-refractivity contribution is 5.83. The van der Waals surface area contributed by atoms with Crippen molar-refractivity contribution in [3.05, 3.63) is 0 Å². The molecule has 4 nitrogen and oxygen atoms in total. The van der Waals surface area contributed by atoms with E-state index in [0.717, 1.165) is 38.2 Å². The van der Waals surface area contributed by atoms with Crippen molar-refractivity contribution in [2.75, 3.05) is 26.3 Å². The van der Waals surface area contributed by atoms with E-state index in [-0.39, 0.29) is 0 Å². The van der Waals surface area contributed by atoms with Gasteiger partial charge in [-0.05, 0) is 19.8 Å². The molecule has 0 amide bonds. The minimum absolute atomic E-state index is 0.548. The van der Waals surface area contributed by atoms with Gasteiger partial charge >= 0.3 is 0 Å². The molecule has 0 aromatic heterocycles. The van der Waals surface area contributed by atoms with Gasteiger partial charge in [0.25, 0.3) is 0 Å². The summed E-state index contributed by atoms with van der Waals surface area (Å²) in [6.45, 7) is 6.21. The number of nitrogens with one attached hydrogen (secondary N) is 1. The summed E-state index contributed by atoms with van der Waals surface area (Å²) in [7, 11) is 0. The fraction of sp³-hybridized carbons (Fsp3) is 0.909. The molecule has 15 heavy (non-hydrogen) atoms. The molecule has 3 aliphatic rings. The van der Waals surface area contributed by atoms with E-state index in [4.69, 9.17) is 4.74 Å². The molecule has 2 saturated heterocycles. The summed E-state index contributed by atoms with van der Waals surface area (Å²) < 4.78 is 5.50. The number of rotatable bonds is 1. The van der Waals surface area contributed by atoms with E-state index >= 15 is 0 Å². The Hall–Kier alpha value is -0.770. The SMILES string of the molecule is CC1CN2C(=NCCC2C2CCOC2)N1. The van der Waals surface area contributed by atoms with E-state index in [9.17, 15) is 0 Å². The molecule has 3 heterocycles. The maximum absolute atomic E-state index is 5.50. The van der Waals surface area contributed by atoms with Gasteiger partial charge in [0.2, 0.25) is 0 Å². The molecule has 0 saturated carbocycles. The smallest absolute Gasteiger partial charge is 0.194 e. The molecule has 0 spiro atoms. The number of nitrogens with zero attached hydrogens (tertiary/aromatic N) is 2. The number of guanidine groups is 1. The average Bonchev–Trinajstić information content (AvgIpc) is 2.82. The lowest BCUT2D eigenvalue weighted by atomic mass is 9.94. The molecule has 3 unspecified atom stereocenters. The van der Waals surface area contributed by atoms with Crippen LogP contribution in [0, 0.1) is 5.92 Å². The van der Waals surface area contributed by atoms with E-state index < -0.39 is 0 Å². The van der Waals surface area contributed by atoms with Crippen molar-refractivity contribution in [2.24, 2.45) is 10.9 Å². The van der Waals surface area contributed by atoms with Crippen LogP contribution in [0.1, 0.15) is 19.8 Å². The second-order valence-electron chi connectivity index (χ2n) is 4.88. The minimum Gasteiger partial charge on any atom is -0.381 e. The average molecular weight is 209 g/mol. The first-order valence-electron chi connectivity index (χ1n) is 6.00. The van der Waals surface area contributed by atoms with Gasteiger partial charge in [0.15, 0.2) is 5.96 Å². The van der Waals surface area contributed by atoms with E-state index in [2.05, 4.69) is 22.1 Å². The van der Waals surface area contributed by atoms with Crippen LogP contribution in [0.25, 0.3) is 0 Å². The van der Waals surface area contributed by atoms with Gasteiger partial charge in [-0.3, -0.25) is 4.99 Å². The van der Waals surface area contributed by atoms with Crippen LogP contribution in [0.3, 0.4) is 0 Å². The lowest BCUT2D eigenvalue weighted by molar-refractivity contribution is 0.153. The normalized spacial score (nSPS) is 39.9. The molecule has 2 fully saturated rings. The van der Waals surface area contributed by atoms with Gasteiger partial charge in [-0.25, -0.2) is 0 Å². The molecule has 4 heteroatoms. The van der Waals surface area contributed by atoms with Crippen LogP contribution >= 0.6 is 0 Å². The zero-order valence-corrected chi connectivity index (χ0v) is 9.28. The first-order chi connectivity index (χ1) is 7.34. The first-order valence-corrected chi connectivity index (χ1v) is 6.00. The molecule has 3 atom stereocenters. The summed E-state index contributed by atoms with van der Waals surface area (Å²) in [5.41, 5.74) is 0. The topological polar surface area (TPSA) is 36.9 Å². The van der Waals surface area contributed by atoms with Crippen LogP contribution in [-0.4, -0.2) is 49.2 Å². The summed E-state index contributed by atoms with van der Waals surface area (Å²) in [4.78, 5) is 7.02. The predicted octanol–water partition coefficient (Wildman–Crippen LogP) is 0.445. The molecule has 84 valence electrons. The maximum Gasteiger partial charge on any atom is 0.194 e. The van der Waals surface area contributed by atoms with Crippen molar-refractivity contribution in [1.82, 2.24) is 10.2 Å². The molecule has 0 bridgehead atoms. The second kappa shape index (κ2) is 3.67. The number of aliphatic imine (C=N–C) groups is 1. The largest absolute Gasteiger partial charge is 0.381 e. The van der Waals surface area contributed by atoms with Crippen molar-refractivity contribution < 1.29 is 4.74 Å². The highest BCUT2D eigenvalue weighted by atomic mass is 16.5. The van der Waals surface area contributed by atoms with Crippen LogP contribution < -0.4 is 5.32 Å². The van der Waals surface area contributed by atoms with Crippen molar-refractivity contribution in [1.29, 1.82) is 0 Å².